The number of fused-ring (bicyclic) bond motifs is 1. The molecule has 0 bridgehead atoms. The van der Waals surface area contributed by atoms with Crippen molar-refractivity contribution in [1.29, 1.82) is 0 Å². The first-order valence-electron chi connectivity index (χ1n) is 7.18. The van der Waals surface area contributed by atoms with Gasteiger partial charge >= 0.3 is 0 Å². The summed E-state index contributed by atoms with van der Waals surface area (Å²) in [5.41, 5.74) is 2.83. The molecule has 0 aliphatic carbocycles. The third-order valence-corrected chi connectivity index (χ3v) is 3.31. The number of benzene rings is 1. The SMILES string of the molecule is CCNCCc1nnc(-c2cc(C)nc3ccccc23)o1. The van der Waals surface area contributed by atoms with Crippen molar-refractivity contribution in [2.24, 2.45) is 0 Å². The second kappa shape index (κ2) is 6.01. The van der Waals surface area contributed by atoms with E-state index >= 15 is 0 Å². The number of rotatable bonds is 5. The second-order valence-electron chi connectivity index (χ2n) is 4.93. The average Bonchev–Trinajstić information content (AvgIpc) is 2.95. The van der Waals surface area contributed by atoms with Crippen LogP contribution in [0.5, 0.6) is 0 Å². The Morgan fingerprint density at radius 2 is 2.05 bits per heavy atom. The molecule has 3 rings (SSSR count). The van der Waals surface area contributed by atoms with Gasteiger partial charge in [0.05, 0.1) is 5.52 Å². The molecule has 5 heteroatoms. The zero-order valence-corrected chi connectivity index (χ0v) is 12.3. The first-order valence-corrected chi connectivity index (χ1v) is 7.18. The van der Waals surface area contributed by atoms with Crippen molar-refractivity contribution in [1.82, 2.24) is 20.5 Å². The summed E-state index contributed by atoms with van der Waals surface area (Å²) in [6.07, 6.45) is 0.739. The van der Waals surface area contributed by atoms with Crippen molar-refractivity contribution in [3.8, 4) is 11.5 Å². The Morgan fingerprint density at radius 1 is 1.19 bits per heavy atom. The maximum atomic E-state index is 5.79. The molecule has 2 heterocycles. The Balaban J connectivity index is 1.97. The molecule has 0 aliphatic heterocycles. The minimum Gasteiger partial charge on any atom is -0.421 e. The largest absolute Gasteiger partial charge is 0.421 e. The summed E-state index contributed by atoms with van der Waals surface area (Å²) >= 11 is 0. The van der Waals surface area contributed by atoms with E-state index in [1.54, 1.807) is 0 Å². The molecule has 2 aromatic heterocycles. The van der Waals surface area contributed by atoms with E-state index in [2.05, 4.69) is 27.4 Å². The summed E-state index contributed by atoms with van der Waals surface area (Å²) in [4.78, 5) is 4.53. The van der Waals surface area contributed by atoms with E-state index in [1.165, 1.54) is 0 Å². The first-order chi connectivity index (χ1) is 10.3. The van der Waals surface area contributed by atoms with Gasteiger partial charge in [-0.2, -0.15) is 0 Å². The fourth-order valence-corrected chi connectivity index (χ4v) is 2.32. The monoisotopic (exact) mass is 282 g/mol. The van der Waals surface area contributed by atoms with Crippen molar-refractivity contribution < 1.29 is 4.42 Å². The lowest BCUT2D eigenvalue weighted by Crippen LogP contribution is -2.16. The Bertz CT molecular complexity index is 751. The predicted octanol–water partition coefficient (Wildman–Crippen LogP) is 2.75. The molecule has 0 saturated carbocycles. The molecule has 5 nitrogen and oxygen atoms in total. The quantitative estimate of drug-likeness (QED) is 0.729. The van der Waals surface area contributed by atoms with E-state index in [-0.39, 0.29) is 0 Å². The molecule has 3 aromatic rings. The van der Waals surface area contributed by atoms with Crippen LogP contribution in [0.4, 0.5) is 0 Å². The third-order valence-electron chi connectivity index (χ3n) is 3.31. The minimum atomic E-state index is 0.559. The van der Waals surface area contributed by atoms with Gasteiger partial charge in [0.25, 0.3) is 0 Å². The highest BCUT2D eigenvalue weighted by Gasteiger charge is 2.12. The molecule has 108 valence electrons. The smallest absolute Gasteiger partial charge is 0.248 e. The van der Waals surface area contributed by atoms with Crippen molar-refractivity contribution in [2.75, 3.05) is 13.1 Å². The van der Waals surface area contributed by atoms with Crippen molar-refractivity contribution in [3.63, 3.8) is 0 Å². The Kier molecular flexibility index (Phi) is 3.92. The van der Waals surface area contributed by atoms with E-state index in [4.69, 9.17) is 4.42 Å². The number of pyridine rings is 1. The molecule has 1 N–H and O–H groups in total. The van der Waals surface area contributed by atoms with Gasteiger partial charge in [0.1, 0.15) is 0 Å². The normalized spacial score (nSPS) is 11.1. The lowest BCUT2D eigenvalue weighted by atomic mass is 10.1. The Morgan fingerprint density at radius 3 is 2.90 bits per heavy atom. The van der Waals surface area contributed by atoms with Crippen LogP contribution < -0.4 is 5.32 Å². The second-order valence-corrected chi connectivity index (χ2v) is 4.93. The molecule has 0 spiro atoms. The molecule has 0 saturated heterocycles. The standard InChI is InChI=1S/C16H18N4O/c1-3-17-9-8-15-19-20-16(21-15)13-10-11(2)18-14-7-5-4-6-12(13)14/h4-7,10,17H,3,8-9H2,1-2H3. The molecule has 0 fully saturated rings. The lowest BCUT2D eigenvalue weighted by Gasteiger charge is -2.04. The summed E-state index contributed by atoms with van der Waals surface area (Å²) in [5.74, 6) is 1.22. The molecule has 0 unspecified atom stereocenters. The number of aromatic nitrogens is 3. The van der Waals surface area contributed by atoms with Crippen LogP contribution in [0, 0.1) is 6.92 Å². The van der Waals surface area contributed by atoms with Gasteiger partial charge in [0.2, 0.25) is 11.8 Å². The van der Waals surface area contributed by atoms with Crippen molar-refractivity contribution >= 4 is 10.9 Å². The van der Waals surface area contributed by atoms with Gasteiger partial charge in [0.15, 0.2) is 0 Å². The lowest BCUT2D eigenvalue weighted by molar-refractivity contribution is 0.497. The molecule has 0 aliphatic rings. The van der Waals surface area contributed by atoms with E-state index in [1.807, 2.05) is 37.3 Å². The van der Waals surface area contributed by atoms with Crippen molar-refractivity contribution in [3.05, 3.63) is 41.9 Å². The van der Waals surface area contributed by atoms with E-state index < -0.39 is 0 Å². The number of para-hydroxylation sites is 1. The summed E-state index contributed by atoms with van der Waals surface area (Å²) in [7, 11) is 0. The van der Waals surface area contributed by atoms with Crippen LogP contribution in [0.15, 0.2) is 34.7 Å². The summed E-state index contributed by atoms with van der Waals surface area (Å²) in [6.45, 7) is 5.83. The minimum absolute atomic E-state index is 0.559. The highest BCUT2D eigenvalue weighted by molar-refractivity contribution is 5.92. The van der Waals surface area contributed by atoms with Crippen LogP contribution in [-0.4, -0.2) is 28.3 Å². The van der Waals surface area contributed by atoms with Crippen LogP contribution in [-0.2, 0) is 6.42 Å². The molecule has 1 aromatic carbocycles. The zero-order chi connectivity index (χ0) is 14.7. The van der Waals surface area contributed by atoms with Crippen LogP contribution in [0.2, 0.25) is 0 Å². The number of nitrogens with one attached hydrogen (secondary N) is 1. The summed E-state index contributed by atoms with van der Waals surface area (Å²) in [5, 5.41) is 12.6. The van der Waals surface area contributed by atoms with Gasteiger partial charge in [-0.25, -0.2) is 0 Å². The number of nitrogens with zero attached hydrogens (tertiary/aromatic N) is 3. The fourth-order valence-electron chi connectivity index (χ4n) is 2.32. The highest BCUT2D eigenvalue weighted by atomic mass is 16.4. The van der Waals surface area contributed by atoms with Gasteiger partial charge in [0, 0.05) is 29.6 Å². The van der Waals surface area contributed by atoms with Crippen LogP contribution >= 0.6 is 0 Å². The van der Waals surface area contributed by atoms with Gasteiger partial charge in [-0.1, -0.05) is 25.1 Å². The molecule has 0 atom stereocenters. The molecular formula is C16H18N4O. The van der Waals surface area contributed by atoms with Gasteiger partial charge < -0.3 is 9.73 Å². The van der Waals surface area contributed by atoms with E-state index in [9.17, 15) is 0 Å². The van der Waals surface area contributed by atoms with E-state index in [0.717, 1.165) is 41.7 Å². The number of likely N-dealkylation sites (N-methyl/N-ethyl adjacent to an activating group) is 1. The zero-order valence-electron chi connectivity index (χ0n) is 12.3. The van der Waals surface area contributed by atoms with Gasteiger partial charge in [-0.15, -0.1) is 10.2 Å². The Hall–Kier alpha value is -2.27. The van der Waals surface area contributed by atoms with E-state index in [0.29, 0.717) is 11.8 Å². The first kappa shape index (κ1) is 13.7. The number of hydrogen-bond acceptors (Lipinski definition) is 5. The van der Waals surface area contributed by atoms with Crippen LogP contribution in [0.3, 0.4) is 0 Å². The van der Waals surface area contributed by atoms with Gasteiger partial charge in [-0.05, 0) is 25.6 Å². The highest BCUT2D eigenvalue weighted by Crippen LogP contribution is 2.27. The fraction of sp³-hybridized carbons (Fsp3) is 0.312. The maximum absolute atomic E-state index is 5.79. The van der Waals surface area contributed by atoms with Gasteiger partial charge in [-0.3, -0.25) is 4.98 Å². The third kappa shape index (κ3) is 2.92. The molecule has 0 radical (unpaired) electrons. The van der Waals surface area contributed by atoms with Crippen molar-refractivity contribution in [2.45, 2.75) is 20.3 Å². The topological polar surface area (TPSA) is 63.8 Å². The van der Waals surface area contributed by atoms with Crippen LogP contribution in [0.1, 0.15) is 18.5 Å². The maximum Gasteiger partial charge on any atom is 0.248 e. The molecule has 21 heavy (non-hydrogen) atoms. The number of aryl methyl sites for hydroxylation is 1. The molecule has 0 amide bonds. The molecular weight excluding hydrogens is 264 g/mol. The van der Waals surface area contributed by atoms with Crippen LogP contribution in [0.25, 0.3) is 22.4 Å². The average molecular weight is 282 g/mol. The summed E-state index contributed by atoms with van der Waals surface area (Å²) < 4.78 is 5.79. The predicted molar refractivity (Wildman–Crippen MR) is 82.0 cm³/mol. The Labute approximate surface area is 123 Å². The number of hydrogen-bond donors (Lipinski definition) is 1. The summed E-state index contributed by atoms with van der Waals surface area (Å²) in [6, 6.07) is 9.98.